The van der Waals surface area contributed by atoms with Crippen LogP contribution in [0.15, 0.2) is 29.0 Å². The summed E-state index contributed by atoms with van der Waals surface area (Å²) in [5.41, 5.74) is 1.66. The molecule has 0 saturated heterocycles. The van der Waals surface area contributed by atoms with E-state index in [1.54, 1.807) is 18.2 Å². The van der Waals surface area contributed by atoms with Crippen molar-refractivity contribution in [1.82, 2.24) is 4.98 Å². The highest BCUT2D eigenvalue weighted by Crippen LogP contribution is 2.14. The van der Waals surface area contributed by atoms with E-state index in [-0.39, 0.29) is 6.07 Å². The van der Waals surface area contributed by atoms with Crippen molar-refractivity contribution in [2.75, 3.05) is 6.07 Å². The van der Waals surface area contributed by atoms with Gasteiger partial charge >= 0.3 is 5.97 Å². The second-order valence-corrected chi connectivity index (χ2v) is 2.79. The highest BCUT2D eigenvalue weighted by Gasteiger charge is 2.08. The van der Waals surface area contributed by atoms with E-state index in [0.29, 0.717) is 16.7 Å². The second-order valence-electron chi connectivity index (χ2n) is 2.58. The number of oxazole rings is 1. The molecular weight excluding hydrogens is 206 g/mol. The van der Waals surface area contributed by atoms with Crippen LogP contribution in [0.2, 0.25) is 0 Å². The molecule has 4 nitrogen and oxygen atoms in total. The topological polar surface area (TPSA) is 52.3 Å². The number of benzene rings is 1. The third kappa shape index (κ3) is 1.56. The summed E-state index contributed by atoms with van der Waals surface area (Å²) in [6.07, 6.45) is 1.32. The lowest BCUT2D eigenvalue weighted by Gasteiger charge is -1.99. The molecule has 0 amide bonds. The van der Waals surface area contributed by atoms with Gasteiger partial charge in [-0.25, -0.2) is 9.78 Å². The fourth-order valence-corrected chi connectivity index (χ4v) is 1.22. The summed E-state index contributed by atoms with van der Waals surface area (Å²) in [5, 5.41) is 0. The lowest BCUT2D eigenvalue weighted by molar-refractivity contribution is 0.0574. The number of halogens is 1. The molecule has 1 aromatic carbocycles. The average Bonchev–Trinajstić information content (AvgIpc) is 2.64. The van der Waals surface area contributed by atoms with Crippen LogP contribution in [0.5, 0.6) is 0 Å². The molecule has 0 saturated carbocycles. The number of carbonyl (C=O) groups is 1. The van der Waals surface area contributed by atoms with Crippen LogP contribution in [0, 0.1) is 0 Å². The molecule has 72 valence electrons. The lowest BCUT2D eigenvalue weighted by Crippen LogP contribution is -2.02. The van der Waals surface area contributed by atoms with Gasteiger partial charge in [0, 0.05) is 0 Å². The Morgan fingerprint density at radius 2 is 2.43 bits per heavy atom. The molecule has 0 fully saturated rings. The molecule has 14 heavy (non-hydrogen) atoms. The Balaban J connectivity index is 2.38. The molecule has 1 aromatic heterocycles. The van der Waals surface area contributed by atoms with E-state index in [1.807, 2.05) is 0 Å². The minimum absolute atomic E-state index is 0.157. The Labute approximate surface area is 84.4 Å². The Kier molecular flexibility index (Phi) is 2.37. The number of nitrogens with zero attached hydrogens (tertiary/aromatic N) is 1. The number of hydrogen-bond donors (Lipinski definition) is 0. The van der Waals surface area contributed by atoms with Gasteiger partial charge in [-0.3, -0.25) is 0 Å². The molecule has 0 radical (unpaired) electrons. The van der Waals surface area contributed by atoms with E-state index >= 15 is 0 Å². The van der Waals surface area contributed by atoms with Gasteiger partial charge in [0.15, 0.2) is 18.0 Å². The summed E-state index contributed by atoms with van der Waals surface area (Å²) in [6, 6.07) is 4.69. The third-order valence-corrected chi connectivity index (χ3v) is 1.86. The summed E-state index contributed by atoms with van der Waals surface area (Å²) in [4.78, 5) is 15.2. The third-order valence-electron chi connectivity index (χ3n) is 1.75. The van der Waals surface area contributed by atoms with Crippen molar-refractivity contribution in [3.8, 4) is 0 Å². The molecule has 0 unspecified atom stereocenters. The first-order valence-corrected chi connectivity index (χ1v) is 4.41. The van der Waals surface area contributed by atoms with Crippen LogP contribution in [0.4, 0.5) is 0 Å². The zero-order chi connectivity index (χ0) is 9.97. The molecule has 0 spiro atoms. The number of aromatic nitrogens is 1. The fraction of sp³-hybridized carbons (Fsp3) is 0.111. The summed E-state index contributed by atoms with van der Waals surface area (Å²) in [5.74, 6) is -0.468. The number of rotatable bonds is 2. The van der Waals surface area contributed by atoms with Gasteiger partial charge in [0.05, 0.1) is 5.56 Å². The van der Waals surface area contributed by atoms with Crippen LogP contribution in [0.25, 0.3) is 11.1 Å². The molecule has 0 aliphatic carbocycles. The predicted molar refractivity (Wildman–Crippen MR) is 50.1 cm³/mol. The van der Waals surface area contributed by atoms with Gasteiger partial charge in [-0.2, -0.15) is 0 Å². The Morgan fingerprint density at radius 3 is 3.21 bits per heavy atom. The van der Waals surface area contributed by atoms with Crippen molar-refractivity contribution in [1.29, 1.82) is 0 Å². The summed E-state index contributed by atoms with van der Waals surface area (Å²) < 4.78 is 9.64. The van der Waals surface area contributed by atoms with E-state index in [4.69, 9.17) is 16.0 Å². The summed E-state index contributed by atoms with van der Waals surface area (Å²) in [6.45, 7) is 0. The predicted octanol–water partition coefficient (Wildman–Crippen LogP) is 2.18. The molecule has 0 atom stereocenters. The van der Waals surface area contributed by atoms with Gasteiger partial charge in [-0.1, -0.05) is 11.6 Å². The van der Waals surface area contributed by atoms with Crippen LogP contribution in [-0.4, -0.2) is 17.0 Å². The van der Waals surface area contributed by atoms with Crippen molar-refractivity contribution in [3.63, 3.8) is 0 Å². The van der Waals surface area contributed by atoms with Gasteiger partial charge < -0.3 is 9.15 Å². The minimum Gasteiger partial charge on any atom is -0.446 e. The van der Waals surface area contributed by atoms with E-state index in [0.717, 1.165) is 0 Å². The van der Waals surface area contributed by atoms with E-state index in [9.17, 15) is 4.79 Å². The maximum absolute atomic E-state index is 11.2. The Hall–Kier alpha value is -1.55. The van der Waals surface area contributed by atoms with Crippen molar-refractivity contribution in [2.45, 2.75) is 0 Å². The zero-order valence-electron chi connectivity index (χ0n) is 7.07. The molecule has 5 heteroatoms. The maximum Gasteiger partial charge on any atom is 0.339 e. The van der Waals surface area contributed by atoms with Crippen molar-refractivity contribution in [3.05, 3.63) is 30.2 Å². The zero-order valence-corrected chi connectivity index (χ0v) is 7.82. The van der Waals surface area contributed by atoms with Gasteiger partial charge in [0.2, 0.25) is 0 Å². The van der Waals surface area contributed by atoms with E-state index in [2.05, 4.69) is 9.72 Å². The lowest BCUT2D eigenvalue weighted by atomic mass is 10.2. The van der Waals surface area contributed by atoms with Gasteiger partial charge in [0.1, 0.15) is 5.52 Å². The molecular formula is C9H6ClNO3. The first-order chi connectivity index (χ1) is 6.81. The first-order valence-electron chi connectivity index (χ1n) is 3.87. The van der Waals surface area contributed by atoms with Gasteiger partial charge in [-0.05, 0) is 18.2 Å². The van der Waals surface area contributed by atoms with Gasteiger partial charge in [0.25, 0.3) is 0 Å². The maximum atomic E-state index is 11.2. The number of fused-ring (bicyclic) bond motifs is 1. The van der Waals surface area contributed by atoms with Crippen LogP contribution in [0.1, 0.15) is 10.4 Å². The number of carbonyl (C=O) groups excluding carboxylic acids is 1. The SMILES string of the molecule is O=C(OCCl)c1ccc2ocnc2c1. The van der Waals surface area contributed by atoms with E-state index < -0.39 is 5.97 Å². The quantitative estimate of drug-likeness (QED) is 0.564. The molecule has 0 aliphatic rings. The molecule has 0 bridgehead atoms. The number of hydrogen-bond acceptors (Lipinski definition) is 4. The van der Waals surface area contributed by atoms with Crippen molar-refractivity contribution in [2.24, 2.45) is 0 Å². The highest BCUT2D eigenvalue weighted by molar-refractivity contribution is 6.17. The fourth-order valence-electron chi connectivity index (χ4n) is 1.12. The van der Waals surface area contributed by atoms with Crippen LogP contribution < -0.4 is 0 Å². The van der Waals surface area contributed by atoms with Crippen LogP contribution in [-0.2, 0) is 4.74 Å². The Morgan fingerprint density at radius 1 is 1.57 bits per heavy atom. The number of ether oxygens (including phenoxy) is 1. The average molecular weight is 212 g/mol. The van der Waals surface area contributed by atoms with E-state index in [1.165, 1.54) is 6.39 Å². The smallest absolute Gasteiger partial charge is 0.339 e. The van der Waals surface area contributed by atoms with Crippen molar-refractivity contribution >= 4 is 28.7 Å². The molecule has 0 N–H and O–H groups in total. The normalized spacial score (nSPS) is 10.4. The Bertz CT molecular complexity index is 466. The van der Waals surface area contributed by atoms with Crippen LogP contribution >= 0.6 is 11.6 Å². The second kappa shape index (κ2) is 3.67. The highest BCUT2D eigenvalue weighted by atomic mass is 35.5. The van der Waals surface area contributed by atoms with Crippen molar-refractivity contribution < 1.29 is 13.9 Å². The van der Waals surface area contributed by atoms with Crippen LogP contribution in [0.3, 0.4) is 0 Å². The summed E-state index contributed by atoms with van der Waals surface area (Å²) >= 11 is 5.27. The number of esters is 1. The number of alkyl halides is 1. The monoisotopic (exact) mass is 211 g/mol. The molecule has 2 rings (SSSR count). The van der Waals surface area contributed by atoms with Gasteiger partial charge in [-0.15, -0.1) is 0 Å². The largest absolute Gasteiger partial charge is 0.446 e. The molecule has 2 aromatic rings. The first kappa shape index (κ1) is 9.02. The molecule has 1 heterocycles. The standard InChI is InChI=1S/C9H6ClNO3/c10-4-13-9(12)6-1-2-8-7(3-6)11-5-14-8/h1-3,5H,4H2. The summed E-state index contributed by atoms with van der Waals surface area (Å²) in [7, 11) is 0. The minimum atomic E-state index is -0.468. The molecule has 0 aliphatic heterocycles.